The molecule has 2 amide bonds. The summed E-state index contributed by atoms with van der Waals surface area (Å²) in [5.41, 5.74) is -0.956. The number of ketones is 1. The Labute approximate surface area is 80.1 Å². The van der Waals surface area contributed by atoms with E-state index >= 15 is 0 Å². The largest absolute Gasteiger partial charge is 0.358 e. The first kappa shape index (κ1) is 9.08. The summed E-state index contributed by atoms with van der Waals surface area (Å²) >= 11 is 0. The summed E-state index contributed by atoms with van der Waals surface area (Å²) < 4.78 is 4.93. The van der Waals surface area contributed by atoms with Gasteiger partial charge in [-0.15, -0.1) is 0 Å². The lowest BCUT2D eigenvalue weighted by Gasteiger charge is -2.08. The molecule has 74 valence electrons. The Morgan fingerprint density at radius 1 is 1.64 bits per heavy atom. The molecule has 1 N–H and O–H groups in total. The Morgan fingerprint density at radius 3 is 2.64 bits per heavy atom. The zero-order valence-electron chi connectivity index (χ0n) is 7.62. The van der Waals surface area contributed by atoms with Crippen molar-refractivity contribution in [3.05, 3.63) is 12.2 Å². The molecular formula is C9H9NO4. The van der Waals surface area contributed by atoms with Crippen molar-refractivity contribution in [2.24, 2.45) is 5.92 Å². The highest BCUT2D eigenvalue weighted by Crippen LogP contribution is 2.41. The highest BCUT2D eigenvalue weighted by atomic mass is 16.6. The van der Waals surface area contributed by atoms with E-state index in [9.17, 15) is 14.4 Å². The van der Waals surface area contributed by atoms with Crippen LogP contribution in [0, 0.1) is 5.92 Å². The van der Waals surface area contributed by atoms with Crippen LogP contribution in [0.3, 0.4) is 0 Å². The molecule has 2 unspecified atom stereocenters. The van der Waals surface area contributed by atoms with Crippen LogP contribution in [0.1, 0.15) is 6.92 Å². The fourth-order valence-electron chi connectivity index (χ4n) is 1.59. The molecule has 0 radical (unpaired) electrons. The molecule has 2 saturated heterocycles. The van der Waals surface area contributed by atoms with Gasteiger partial charge in [-0.3, -0.25) is 19.7 Å². The van der Waals surface area contributed by atoms with Gasteiger partial charge >= 0.3 is 0 Å². The molecule has 5 nitrogen and oxygen atoms in total. The Hall–Kier alpha value is -1.49. The summed E-state index contributed by atoms with van der Waals surface area (Å²) in [4.78, 5) is 34.1. The summed E-state index contributed by atoms with van der Waals surface area (Å²) in [5.74, 6) is -2.55. The second-order valence-corrected chi connectivity index (χ2v) is 3.57. The maximum Gasteiger partial charge on any atom is 0.262 e. The van der Waals surface area contributed by atoms with Gasteiger partial charge in [-0.25, -0.2) is 0 Å². The van der Waals surface area contributed by atoms with Crippen molar-refractivity contribution in [3.8, 4) is 0 Å². The van der Waals surface area contributed by atoms with Crippen molar-refractivity contribution in [1.82, 2.24) is 5.32 Å². The van der Waals surface area contributed by atoms with Crippen molar-refractivity contribution in [1.29, 1.82) is 0 Å². The molecule has 0 saturated carbocycles. The maximum absolute atomic E-state index is 11.6. The van der Waals surface area contributed by atoms with Gasteiger partial charge in [-0.05, 0) is 12.5 Å². The quantitative estimate of drug-likeness (QED) is 0.270. The Kier molecular flexibility index (Phi) is 1.63. The third-order valence-corrected chi connectivity index (χ3v) is 2.49. The number of allylic oxidation sites excluding steroid dienone is 1. The van der Waals surface area contributed by atoms with Crippen molar-refractivity contribution in [2.75, 3.05) is 6.61 Å². The molecule has 2 aliphatic rings. The first-order chi connectivity index (χ1) is 6.49. The third kappa shape index (κ3) is 0.957. The number of carbonyl (C=O) groups is 3. The minimum atomic E-state index is -1.22. The van der Waals surface area contributed by atoms with E-state index in [0.717, 1.165) is 0 Å². The summed E-state index contributed by atoms with van der Waals surface area (Å²) in [6, 6.07) is 0. The summed E-state index contributed by atoms with van der Waals surface area (Å²) in [6.45, 7) is 5.10. The van der Waals surface area contributed by atoms with Crippen LogP contribution in [-0.2, 0) is 19.1 Å². The SMILES string of the molecule is C=C(C)C(=O)C1C(=O)NC(=O)C12CO2. The number of carbonyl (C=O) groups excluding carboxylic acids is 3. The molecule has 2 fully saturated rings. The van der Waals surface area contributed by atoms with Gasteiger partial charge in [0.15, 0.2) is 11.4 Å². The van der Waals surface area contributed by atoms with Gasteiger partial charge in [0.2, 0.25) is 5.91 Å². The summed E-state index contributed by atoms with van der Waals surface area (Å²) in [7, 11) is 0. The summed E-state index contributed by atoms with van der Waals surface area (Å²) in [5, 5.41) is 2.09. The third-order valence-electron chi connectivity index (χ3n) is 2.49. The average Bonchev–Trinajstić information content (AvgIpc) is 2.80. The van der Waals surface area contributed by atoms with E-state index in [4.69, 9.17) is 4.74 Å². The number of rotatable bonds is 2. The standard InChI is InChI=1S/C9H9NO4/c1-4(2)6(11)5-7(12)10-8(13)9(5)3-14-9/h5H,1,3H2,2H3,(H,10,12,13). The molecule has 0 aromatic heterocycles. The number of amides is 2. The van der Waals surface area contributed by atoms with Gasteiger partial charge < -0.3 is 4.74 Å². The molecular weight excluding hydrogens is 186 g/mol. The Balaban J connectivity index is 2.35. The van der Waals surface area contributed by atoms with Crippen LogP contribution in [0.5, 0.6) is 0 Å². The summed E-state index contributed by atoms with van der Waals surface area (Å²) in [6.07, 6.45) is 0. The normalized spacial score (nSPS) is 34.5. The number of Topliss-reactive ketones (excluding diaryl/α,β-unsaturated/α-hetero) is 1. The number of epoxide rings is 1. The highest BCUT2D eigenvalue weighted by Gasteiger charge is 2.68. The number of hydrogen-bond donors (Lipinski definition) is 1. The molecule has 5 heteroatoms. The van der Waals surface area contributed by atoms with Crippen LogP contribution in [-0.4, -0.2) is 29.8 Å². The van der Waals surface area contributed by atoms with E-state index in [2.05, 4.69) is 11.9 Å². The van der Waals surface area contributed by atoms with Crippen LogP contribution in [0.2, 0.25) is 0 Å². The topological polar surface area (TPSA) is 75.8 Å². The molecule has 2 aliphatic heterocycles. The molecule has 2 heterocycles. The van der Waals surface area contributed by atoms with E-state index < -0.39 is 29.1 Å². The van der Waals surface area contributed by atoms with Crippen molar-refractivity contribution in [2.45, 2.75) is 12.5 Å². The van der Waals surface area contributed by atoms with E-state index in [0.29, 0.717) is 0 Å². The van der Waals surface area contributed by atoms with Crippen molar-refractivity contribution in [3.63, 3.8) is 0 Å². The highest BCUT2D eigenvalue weighted by molar-refractivity contribution is 6.22. The zero-order chi connectivity index (χ0) is 10.5. The molecule has 0 aromatic carbocycles. The molecule has 2 atom stereocenters. The predicted octanol–water partition coefficient (Wildman–Crippen LogP) is -0.827. The van der Waals surface area contributed by atoms with Crippen LogP contribution >= 0.6 is 0 Å². The molecule has 2 rings (SSSR count). The maximum atomic E-state index is 11.6. The van der Waals surface area contributed by atoms with Gasteiger partial charge in [0.1, 0.15) is 5.92 Å². The van der Waals surface area contributed by atoms with Crippen LogP contribution in [0.15, 0.2) is 12.2 Å². The van der Waals surface area contributed by atoms with Gasteiger partial charge in [-0.1, -0.05) is 6.58 Å². The lowest BCUT2D eigenvalue weighted by molar-refractivity contribution is -0.131. The molecule has 0 aliphatic carbocycles. The predicted molar refractivity (Wildman–Crippen MR) is 45.1 cm³/mol. The average molecular weight is 195 g/mol. The molecule has 1 spiro atoms. The van der Waals surface area contributed by atoms with Gasteiger partial charge in [0, 0.05) is 0 Å². The van der Waals surface area contributed by atoms with Gasteiger partial charge in [-0.2, -0.15) is 0 Å². The van der Waals surface area contributed by atoms with Crippen molar-refractivity contribution >= 4 is 17.6 Å². The van der Waals surface area contributed by atoms with E-state index in [1.54, 1.807) is 0 Å². The lowest BCUT2D eigenvalue weighted by Crippen LogP contribution is -2.34. The first-order valence-corrected chi connectivity index (χ1v) is 4.18. The number of imide groups is 1. The lowest BCUT2D eigenvalue weighted by atomic mass is 9.88. The number of nitrogens with one attached hydrogen (secondary N) is 1. The Morgan fingerprint density at radius 2 is 2.21 bits per heavy atom. The fourth-order valence-corrected chi connectivity index (χ4v) is 1.59. The molecule has 14 heavy (non-hydrogen) atoms. The second kappa shape index (κ2) is 2.51. The van der Waals surface area contributed by atoms with E-state index in [-0.39, 0.29) is 12.2 Å². The van der Waals surface area contributed by atoms with E-state index in [1.807, 2.05) is 0 Å². The fraction of sp³-hybridized carbons (Fsp3) is 0.444. The Bertz CT molecular complexity index is 367. The first-order valence-electron chi connectivity index (χ1n) is 4.18. The monoisotopic (exact) mass is 195 g/mol. The minimum absolute atomic E-state index is 0.133. The number of ether oxygens (including phenoxy) is 1. The smallest absolute Gasteiger partial charge is 0.262 e. The van der Waals surface area contributed by atoms with Crippen LogP contribution in [0.25, 0.3) is 0 Å². The van der Waals surface area contributed by atoms with Crippen LogP contribution in [0.4, 0.5) is 0 Å². The molecule has 0 bridgehead atoms. The van der Waals surface area contributed by atoms with Crippen molar-refractivity contribution < 1.29 is 19.1 Å². The number of hydrogen-bond acceptors (Lipinski definition) is 4. The second-order valence-electron chi connectivity index (χ2n) is 3.57. The zero-order valence-corrected chi connectivity index (χ0v) is 7.62. The van der Waals surface area contributed by atoms with Crippen LogP contribution < -0.4 is 5.32 Å². The van der Waals surface area contributed by atoms with Gasteiger partial charge in [0.05, 0.1) is 6.61 Å². The van der Waals surface area contributed by atoms with E-state index in [1.165, 1.54) is 6.92 Å². The minimum Gasteiger partial charge on any atom is -0.358 e. The molecule has 0 aromatic rings. The van der Waals surface area contributed by atoms with Gasteiger partial charge in [0.25, 0.3) is 5.91 Å².